The van der Waals surface area contributed by atoms with Gasteiger partial charge in [0.05, 0.1) is 5.52 Å². The molecule has 13 heavy (non-hydrogen) atoms. The molecule has 0 radical (unpaired) electrons. The summed E-state index contributed by atoms with van der Waals surface area (Å²) < 4.78 is 1.85. The molecule has 2 aromatic heterocycles. The van der Waals surface area contributed by atoms with Crippen molar-refractivity contribution in [1.29, 1.82) is 0 Å². The van der Waals surface area contributed by atoms with E-state index in [1.165, 1.54) is 0 Å². The van der Waals surface area contributed by atoms with Crippen LogP contribution in [0.4, 0.5) is 0 Å². The van der Waals surface area contributed by atoms with Crippen LogP contribution in [-0.2, 0) is 0 Å². The summed E-state index contributed by atoms with van der Waals surface area (Å²) in [6, 6.07) is 5.34. The van der Waals surface area contributed by atoms with Gasteiger partial charge >= 0.3 is 0 Å². The summed E-state index contributed by atoms with van der Waals surface area (Å²) in [6.07, 6.45) is 1.74. The topological polar surface area (TPSA) is 37.5 Å². The van der Waals surface area contributed by atoms with Gasteiger partial charge in [-0.3, -0.25) is 0 Å². The fourth-order valence-electron chi connectivity index (χ4n) is 1.46. The number of aromatic nitrogens is 2. The van der Waals surface area contributed by atoms with Gasteiger partial charge in [-0.25, -0.2) is 4.52 Å². The van der Waals surface area contributed by atoms with Crippen molar-refractivity contribution in [2.24, 2.45) is 0 Å². The number of rotatable bonds is 1. The van der Waals surface area contributed by atoms with Crippen molar-refractivity contribution < 1.29 is 5.11 Å². The van der Waals surface area contributed by atoms with E-state index >= 15 is 0 Å². The Morgan fingerprint density at radius 1 is 1.38 bits per heavy atom. The Kier molecular flexibility index (Phi) is 1.72. The van der Waals surface area contributed by atoms with Crippen molar-refractivity contribution in [2.45, 2.75) is 19.8 Å². The van der Waals surface area contributed by atoms with Crippen LogP contribution in [0.1, 0.15) is 25.5 Å². The Morgan fingerprint density at radius 3 is 2.85 bits per heavy atom. The van der Waals surface area contributed by atoms with Gasteiger partial charge in [0.25, 0.3) is 0 Å². The molecule has 0 fully saturated rings. The zero-order chi connectivity index (χ0) is 9.42. The lowest BCUT2D eigenvalue weighted by atomic mass is 10.1. The average molecular weight is 176 g/mol. The zero-order valence-corrected chi connectivity index (χ0v) is 7.73. The van der Waals surface area contributed by atoms with Crippen LogP contribution < -0.4 is 0 Å². The van der Waals surface area contributed by atoms with Crippen LogP contribution in [0.25, 0.3) is 5.52 Å². The van der Waals surface area contributed by atoms with Crippen LogP contribution in [-0.4, -0.2) is 14.7 Å². The van der Waals surface area contributed by atoms with Crippen LogP contribution in [0.15, 0.2) is 24.4 Å². The van der Waals surface area contributed by atoms with E-state index in [4.69, 9.17) is 0 Å². The third kappa shape index (κ3) is 1.26. The Labute approximate surface area is 76.6 Å². The average Bonchev–Trinajstić information content (AvgIpc) is 2.49. The predicted octanol–water partition coefficient (Wildman–Crippen LogP) is 2.16. The molecule has 0 aromatic carbocycles. The fourth-order valence-corrected chi connectivity index (χ4v) is 1.46. The summed E-state index contributed by atoms with van der Waals surface area (Å²) >= 11 is 0. The van der Waals surface area contributed by atoms with Crippen LogP contribution in [0.3, 0.4) is 0 Å². The number of pyridine rings is 1. The monoisotopic (exact) mass is 176 g/mol. The van der Waals surface area contributed by atoms with E-state index in [0.29, 0.717) is 11.7 Å². The minimum atomic E-state index is 0.303. The Bertz CT molecular complexity index is 431. The maximum atomic E-state index is 9.44. The van der Waals surface area contributed by atoms with Gasteiger partial charge in [-0.15, -0.1) is 0 Å². The molecule has 2 heterocycles. The minimum absolute atomic E-state index is 0.303. The summed E-state index contributed by atoms with van der Waals surface area (Å²) in [5.41, 5.74) is 1.96. The molecule has 0 spiro atoms. The zero-order valence-electron chi connectivity index (χ0n) is 7.73. The van der Waals surface area contributed by atoms with E-state index in [1.807, 2.05) is 10.6 Å². The molecule has 2 aromatic rings. The van der Waals surface area contributed by atoms with Gasteiger partial charge in [-0.05, 0) is 12.0 Å². The molecule has 0 aliphatic heterocycles. The first-order valence-corrected chi connectivity index (χ1v) is 4.35. The Morgan fingerprint density at radius 2 is 2.15 bits per heavy atom. The van der Waals surface area contributed by atoms with Gasteiger partial charge in [-0.2, -0.15) is 5.10 Å². The van der Waals surface area contributed by atoms with Gasteiger partial charge in [0.2, 0.25) is 0 Å². The van der Waals surface area contributed by atoms with Gasteiger partial charge in [-0.1, -0.05) is 13.8 Å². The standard InChI is InChI=1S/C10H12N2O/c1-7(2)10-6-9(13)5-8-3-4-11-12(8)10/h3-7,13H,1-2H3. The molecular formula is C10H12N2O. The Balaban J connectivity index is 2.77. The number of hydrogen-bond donors (Lipinski definition) is 1. The predicted molar refractivity (Wildman–Crippen MR) is 50.9 cm³/mol. The summed E-state index contributed by atoms with van der Waals surface area (Å²) in [5.74, 6) is 0.659. The van der Waals surface area contributed by atoms with E-state index in [9.17, 15) is 5.11 Å². The molecule has 0 saturated heterocycles. The third-order valence-corrected chi connectivity index (χ3v) is 2.10. The van der Waals surface area contributed by atoms with Crippen LogP contribution in [0.5, 0.6) is 5.75 Å². The molecule has 3 nitrogen and oxygen atoms in total. The largest absolute Gasteiger partial charge is 0.508 e. The molecule has 2 rings (SSSR count). The van der Waals surface area contributed by atoms with Crippen molar-refractivity contribution >= 4 is 5.52 Å². The van der Waals surface area contributed by atoms with E-state index < -0.39 is 0 Å². The quantitative estimate of drug-likeness (QED) is 0.723. The molecule has 0 aliphatic rings. The highest BCUT2D eigenvalue weighted by Gasteiger charge is 2.07. The van der Waals surface area contributed by atoms with Crippen LogP contribution in [0.2, 0.25) is 0 Å². The normalized spacial score (nSPS) is 11.3. The molecule has 3 heteroatoms. The maximum absolute atomic E-state index is 9.44. The van der Waals surface area contributed by atoms with E-state index in [2.05, 4.69) is 18.9 Å². The number of aromatic hydroxyl groups is 1. The van der Waals surface area contributed by atoms with Crippen molar-refractivity contribution in [3.8, 4) is 5.75 Å². The molecular weight excluding hydrogens is 164 g/mol. The summed E-state index contributed by atoms with van der Waals surface area (Å²) in [7, 11) is 0. The highest BCUT2D eigenvalue weighted by Crippen LogP contribution is 2.21. The lowest BCUT2D eigenvalue weighted by Crippen LogP contribution is -1.99. The minimum Gasteiger partial charge on any atom is -0.508 e. The molecule has 68 valence electrons. The smallest absolute Gasteiger partial charge is 0.119 e. The van der Waals surface area contributed by atoms with E-state index in [-0.39, 0.29) is 0 Å². The van der Waals surface area contributed by atoms with Gasteiger partial charge < -0.3 is 5.11 Å². The molecule has 0 atom stereocenters. The number of fused-ring (bicyclic) bond motifs is 1. The fraction of sp³-hybridized carbons (Fsp3) is 0.300. The van der Waals surface area contributed by atoms with Gasteiger partial charge in [0.1, 0.15) is 5.75 Å². The first-order valence-electron chi connectivity index (χ1n) is 4.35. The summed E-state index contributed by atoms with van der Waals surface area (Å²) in [6.45, 7) is 4.16. The second-order valence-electron chi connectivity index (χ2n) is 3.46. The Hall–Kier alpha value is -1.51. The lowest BCUT2D eigenvalue weighted by Gasteiger charge is -2.08. The highest BCUT2D eigenvalue weighted by molar-refractivity contribution is 5.51. The molecule has 0 bridgehead atoms. The third-order valence-electron chi connectivity index (χ3n) is 2.10. The van der Waals surface area contributed by atoms with Gasteiger partial charge in [0.15, 0.2) is 0 Å². The molecule has 1 N–H and O–H groups in total. The lowest BCUT2D eigenvalue weighted by molar-refractivity contribution is 0.472. The van der Waals surface area contributed by atoms with E-state index in [1.54, 1.807) is 18.3 Å². The number of nitrogens with zero attached hydrogens (tertiary/aromatic N) is 2. The van der Waals surface area contributed by atoms with Crippen LogP contribution in [0, 0.1) is 0 Å². The van der Waals surface area contributed by atoms with Crippen LogP contribution >= 0.6 is 0 Å². The second kappa shape index (κ2) is 2.76. The van der Waals surface area contributed by atoms with Crippen molar-refractivity contribution in [2.75, 3.05) is 0 Å². The highest BCUT2D eigenvalue weighted by atomic mass is 16.3. The summed E-state index contributed by atoms with van der Waals surface area (Å²) in [5, 5.41) is 13.6. The van der Waals surface area contributed by atoms with Crippen molar-refractivity contribution in [3.63, 3.8) is 0 Å². The maximum Gasteiger partial charge on any atom is 0.119 e. The van der Waals surface area contributed by atoms with Crippen molar-refractivity contribution in [1.82, 2.24) is 9.61 Å². The SMILES string of the molecule is CC(C)c1cc(O)cc2ccnn12. The van der Waals surface area contributed by atoms with Crippen molar-refractivity contribution in [3.05, 3.63) is 30.1 Å². The molecule has 0 amide bonds. The molecule has 0 aliphatic carbocycles. The molecule has 0 saturated carbocycles. The van der Waals surface area contributed by atoms with E-state index in [0.717, 1.165) is 11.2 Å². The van der Waals surface area contributed by atoms with Gasteiger partial charge in [0, 0.05) is 24.0 Å². The summed E-state index contributed by atoms with van der Waals surface area (Å²) in [4.78, 5) is 0. The first kappa shape index (κ1) is 8.10. The first-order chi connectivity index (χ1) is 6.18. The molecule has 0 unspecified atom stereocenters. The number of hydrogen-bond acceptors (Lipinski definition) is 2. The second-order valence-corrected chi connectivity index (χ2v) is 3.46.